The number of hydrogen-bond donors (Lipinski definition) is 1. The number of esters is 1. The van der Waals surface area contributed by atoms with Gasteiger partial charge < -0.3 is 9.84 Å². The second-order valence-corrected chi connectivity index (χ2v) is 3.84. The number of carboxylic acid groups (broad SMARTS) is 1. The van der Waals surface area contributed by atoms with Crippen molar-refractivity contribution in [2.45, 2.75) is 11.9 Å². The van der Waals surface area contributed by atoms with Crippen LogP contribution in [0.5, 0.6) is 0 Å². The highest BCUT2D eigenvalue weighted by Gasteiger charge is 2.12. The molecule has 0 atom stereocenters. The molecule has 0 radical (unpaired) electrons. The highest BCUT2D eigenvalue weighted by molar-refractivity contribution is 7.99. The van der Waals surface area contributed by atoms with Crippen molar-refractivity contribution in [1.29, 1.82) is 0 Å². The van der Waals surface area contributed by atoms with Crippen LogP contribution in [0.4, 0.5) is 0 Å². The van der Waals surface area contributed by atoms with Crippen molar-refractivity contribution >= 4 is 23.7 Å². The zero-order valence-electron chi connectivity index (χ0n) is 8.76. The van der Waals surface area contributed by atoms with E-state index in [1.165, 1.54) is 7.11 Å². The molecule has 0 bridgehead atoms. The zero-order chi connectivity index (χ0) is 12.1. The number of thioether (sulfide) groups is 1. The van der Waals surface area contributed by atoms with Gasteiger partial charge in [-0.3, -0.25) is 4.79 Å². The lowest BCUT2D eigenvalue weighted by Crippen LogP contribution is -2.09. The summed E-state index contributed by atoms with van der Waals surface area (Å²) >= 11 is 1.03. The fourth-order valence-corrected chi connectivity index (χ4v) is 1.61. The molecule has 0 aliphatic heterocycles. The van der Waals surface area contributed by atoms with Crippen LogP contribution < -0.4 is 0 Å². The number of ether oxygens (including phenoxy) is 1. The van der Waals surface area contributed by atoms with Gasteiger partial charge in [-0.1, -0.05) is 11.8 Å². The normalized spacial score (nSPS) is 9.88. The minimum absolute atomic E-state index is 0.0598. The van der Waals surface area contributed by atoms with Crippen LogP contribution in [-0.2, 0) is 9.53 Å². The van der Waals surface area contributed by atoms with E-state index in [1.807, 2.05) is 0 Å². The maximum absolute atomic E-state index is 11.2. The monoisotopic (exact) mass is 242 g/mol. The molecule has 1 heterocycles. The Morgan fingerprint density at radius 3 is 2.75 bits per heavy atom. The van der Waals surface area contributed by atoms with Gasteiger partial charge in [-0.2, -0.15) is 0 Å². The minimum Gasteiger partial charge on any atom is -0.481 e. The van der Waals surface area contributed by atoms with Crippen LogP contribution in [0.1, 0.15) is 16.3 Å². The van der Waals surface area contributed by atoms with Gasteiger partial charge in [0.15, 0.2) is 0 Å². The number of carboxylic acids is 1. The molecule has 0 fully saturated rings. The summed E-state index contributed by atoms with van der Waals surface area (Å²) in [5.41, 5.74) is 0.586. The average molecular weight is 242 g/mol. The molecule has 1 aromatic heterocycles. The molecular formula is C9H10N2O4S. The summed E-state index contributed by atoms with van der Waals surface area (Å²) < 4.78 is 4.48. The van der Waals surface area contributed by atoms with Gasteiger partial charge in [0.2, 0.25) is 5.82 Å². The predicted molar refractivity (Wildman–Crippen MR) is 56.5 cm³/mol. The number of carbonyl (C=O) groups is 2. The molecule has 0 aromatic carbocycles. The second-order valence-electron chi connectivity index (χ2n) is 2.85. The number of nitrogens with zero attached hydrogens (tertiary/aromatic N) is 2. The first-order valence-electron chi connectivity index (χ1n) is 4.31. The van der Waals surface area contributed by atoms with Gasteiger partial charge in [0, 0.05) is 5.69 Å². The molecule has 1 aromatic rings. The van der Waals surface area contributed by atoms with Gasteiger partial charge in [-0.25, -0.2) is 14.8 Å². The lowest BCUT2D eigenvalue weighted by atomic mass is 10.4. The third-order valence-electron chi connectivity index (χ3n) is 1.54. The standard InChI is InChI=1S/C9H10N2O4S/c1-5-3-6(16-4-7(12)13)11-8(10-5)9(14)15-2/h3H,4H2,1-2H3,(H,12,13). The number of aliphatic carboxylic acids is 1. The quantitative estimate of drug-likeness (QED) is 0.473. The Bertz CT molecular complexity index is 422. The summed E-state index contributed by atoms with van der Waals surface area (Å²) in [6.07, 6.45) is 0. The first-order valence-corrected chi connectivity index (χ1v) is 5.30. The van der Waals surface area contributed by atoms with E-state index < -0.39 is 11.9 Å². The van der Waals surface area contributed by atoms with Gasteiger partial charge in [0.25, 0.3) is 0 Å². The average Bonchev–Trinajstić information content (AvgIpc) is 2.24. The summed E-state index contributed by atoms with van der Waals surface area (Å²) in [5.74, 6) is -1.76. The van der Waals surface area contributed by atoms with E-state index in [0.717, 1.165) is 11.8 Å². The Labute approximate surface area is 96.0 Å². The van der Waals surface area contributed by atoms with Crippen molar-refractivity contribution in [1.82, 2.24) is 9.97 Å². The number of carbonyl (C=O) groups excluding carboxylic acids is 1. The van der Waals surface area contributed by atoms with Gasteiger partial charge in [0.1, 0.15) is 5.03 Å². The van der Waals surface area contributed by atoms with Crippen molar-refractivity contribution in [3.05, 3.63) is 17.6 Å². The fourth-order valence-electron chi connectivity index (χ4n) is 0.932. The first-order chi connectivity index (χ1) is 7.52. The zero-order valence-corrected chi connectivity index (χ0v) is 9.58. The van der Waals surface area contributed by atoms with Crippen molar-refractivity contribution in [2.75, 3.05) is 12.9 Å². The molecule has 0 saturated heterocycles. The highest BCUT2D eigenvalue weighted by atomic mass is 32.2. The third-order valence-corrected chi connectivity index (χ3v) is 2.44. The molecule has 0 unspecified atom stereocenters. The van der Waals surface area contributed by atoms with Crippen LogP contribution in [0.3, 0.4) is 0 Å². The van der Waals surface area contributed by atoms with Crippen LogP contribution in [0.15, 0.2) is 11.1 Å². The summed E-state index contributed by atoms with van der Waals surface area (Å²) in [4.78, 5) is 29.3. The van der Waals surface area contributed by atoms with Crippen LogP contribution in [-0.4, -0.2) is 39.9 Å². The van der Waals surface area contributed by atoms with E-state index in [9.17, 15) is 9.59 Å². The van der Waals surface area contributed by atoms with Crippen LogP contribution in [0.2, 0.25) is 0 Å². The Morgan fingerprint density at radius 2 is 2.19 bits per heavy atom. The maximum atomic E-state index is 11.2. The second kappa shape index (κ2) is 5.45. The minimum atomic E-state index is -0.944. The Hall–Kier alpha value is -1.63. The van der Waals surface area contributed by atoms with Gasteiger partial charge in [0.05, 0.1) is 12.9 Å². The van der Waals surface area contributed by atoms with E-state index in [2.05, 4.69) is 14.7 Å². The van der Waals surface area contributed by atoms with Crippen LogP contribution in [0, 0.1) is 6.92 Å². The summed E-state index contributed by atoms with van der Waals surface area (Å²) in [7, 11) is 1.23. The number of rotatable bonds is 4. The molecule has 6 nitrogen and oxygen atoms in total. The van der Waals surface area contributed by atoms with E-state index >= 15 is 0 Å². The molecule has 0 aliphatic carbocycles. The molecule has 86 valence electrons. The maximum Gasteiger partial charge on any atom is 0.376 e. The molecule has 0 saturated carbocycles. The Kier molecular flexibility index (Phi) is 4.24. The Morgan fingerprint density at radius 1 is 1.50 bits per heavy atom. The molecule has 16 heavy (non-hydrogen) atoms. The van der Waals surface area contributed by atoms with Crippen molar-refractivity contribution in [3.8, 4) is 0 Å². The van der Waals surface area contributed by atoms with Crippen LogP contribution in [0.25, 0.3) is 0 Å². The third kappa shape index (κ3) is 3.50. The lowest BCUT2D eigenvalue weighted by Gasteiger charge is -2.02. The smallest absolute Gasteiger partial charge is 0.376 e. The van der Waals surface area contributed by atoms with E-state index in [1.54, 1.807) is 13.0 Å². The van der Waals surface area contributed by atoms with Crippen molar-refractivity contribution < 1.29 is 19.4 Å². The van der Waals surface area contributed by atoms with Gasteiger partial charge in [-0.15, -0.1) is 0 Å². The molecule has 7 heteroatoms. The van der Waals surface area contributed by atoms with Crippen molar-refractivity contribution in [3.63, 3.8) is 0 Å². The number of aromatic nitrogens is 2. The Balaban J connectivity index is 2.89. The molecular weight excluding hydrogens is 232 g/mol. The topological polar surface area (TPSA) is 89.4 Å². The number of hydrogen-bond acceptors (Lipinski definition) is 6. The molecule has 0 aliphatic rings. The first kappa shape index (κ1) is 12.4. The molecule has 1 N–H and O–H groups in total. The fraction of sp³-hybridized carbons (Fsp3) is 0.333. The molecule has 1 rings (SSSR count). The van der Waals surface area contributed by atoms with Crippen molar-refractivity contribution in [2.24, 2.45) is 0 Å². The molecule has 0 spiro atoms. The SMILES string of the molecule is COC(=O)c1nc(C)cc(SCC(=O)O)n1. The van der Waals surface area contributed by atoms with Crippen LogP contribution >= 0.6 is 11.8 Å². The largest absolute Gasteiger partial charge is 0.481 e. The summed E-state index contributed by atoms with van der Waals surface area (Å²) in [6.45, 7) is 1.69. The lowest BCUT2D eigenvalue weighted by molar-refractivity contribution is -0.133. The van der Waals surface area contributed by atoms with Gasteiger partial charge >= 0.3 is 11.9 Å². The summed E-state index contributed by atoms with van der Waals surface area (Å²) in [5, 5.41) is 8.95. The number of aryl methyl sites for hydroxylation is 1. The predicted octanol–water partition coefficient (Wildman–Crippen LogP) is 0.748. The van der Waals surface area contributed by atoms with E-state index in [4.69, 9.17) is 5.11 Å². The summed E-state index contributed by atoms with van der Waals surface area (Å²) in [6, 6.07) is 1.61. The van der Waals surface area contributed by atoms with Gasteiger partial charge in [-0.05, 0) is 13.0 Å². The number of methoxy groups -OCH3 is 1. The highest BCUT2D eigenvalue weighted by Crippen LogP contribution is 2.16. The van der Waals surface area contributed by atoms with E-state index in [-0.39, 0.29) is 11.6 Å². The van der Waals surface area contributed by atoms with E-state index in [0.29, 0.717) is 10.7 Å². The molecule has 0 amide bonds.